The molecule has 0 saturated heterocycles. The Kier molecular flexibility index (Phi) is 3.64. The van der Waals surface area contributed by atoms with Crippen LogP contribution in [0.4, 0.5) is 0 Å². The lowest BCUT2D eigenvalue weighted by atomic mass is 9.52. The first-order chi connectivity index (χ1) is 8.55. The summed E-state index contributed by atoms with van der Waals surface area (Å²) < 4.78 is 0. The first-order valence-corrected chi connectivity index (χ1v) is 7.15. The van der Waals surface area contributed by atoms with E-state index in [2.05, 4.69) is 0 Å². The van der Waals surface area contributed by atoms with Gasteiger partial charge in [-0.25, -0.2) is 0 Å². The van der Waals surface area contributed by atoms with Gasteiger partial charge in [0.25, 0.3) is 0 Å². The zero-order valence-corrected chi connectivity index (χ0v) is 11.0. The summed E-state index contributed by atoms with van der Waals surface area (Å²) >= 11 is 0. The molecule has 0 radical (unpaired) electrons. The number of nitrogens with two attached hydrogens (primary N) is 2. The van der Waals surface area contributed by atoms with Crippen LogP contribution >= 0.6 is 0 Å². The van der Waals surface area contributed by atoms with Gasteiger partial charge in [0, 0.05) is 0 Å². The third kappa shape index (κ3) is 1.82. The molecule has 1 spiro atoms. The van der Waals surface area contributed by atoms with E-state index >= 15 is 0 Å². The highest BCUT2D eigenvalue weighted by Crippen LogP contribution is 2.57. The van der Waals surface area contributed by atoms with Gasteiger partial charge in [-0.3, -0.25) is 9.59 Å². The molecular weight excluding hydrogens is 228 g/mol. The minimum absolute atomic E-state index is 0.251. The van der Waals surface area contributed by atoms with E-state index in [4.69, 9.17) is 11.5 Å². The number of rotatable bonds is 2. The Morgan fingerprint density at radius 2 is 1.06 bits per heavy atom. The molecule has 0 bridgehead atoms. The fourth-order valence-corrected chi connectivity index (χ4v) is 4.30. The molecule has 102 valence electrons. The summed E-state index contributed by atoms with van der Waals surface area (Å²) in [4.78, 5) is 24.0. The molecule has 2 saturated carbocycles. The molecule has 0 aliphatic heterocycles. The predicted octanol–water partition coefficient (Wildman–Crippen LogP) is 1.86. The second kappa shape index (κ2) is 4.90. The number of carbonyl (C=O) groups excluding carboxylic acids is 2. The molecule has 2 rings (SSSR count). The number of carbonyl (C=O) groups is 2. The monoisotopic (exact) mass is 252 g/mol. The minimum atomic E-state index is -1.09. The highest BCUT2D eigenvalue weighted by molar-refractivity contribution is 6.04. The van der Waals surface area contributed by atoms with Crippen LogP contribution < -0.4 is 11.5 Å². The van der Waals surface area contributed by atoms with Gasteiger partial charge >= 0.3 is 0 Å². The second-order valence-electron chi connectivity index (χ2n) is 6.04. The summed E-state index contributed by atoms with van der Waals surface area (Å²) in [6.07, 6.45) is 9.86. The predicted molar refractivity (Wildman–Crippen MR) is 69.4 cm³/mol. The van der Waals surface area contributed by atoms with Gasteiger partial charge in [0.1, 0.15) is 5.41 Å². The summed E-state index contributed by atoms with van der Waals surface area (Å²) in [5.41, 5.74) is 9.90. The zero-order valence-electron chi connectivity index (χ0n) is 11.0. The van der Waals surface area contributed by atoms with Crippen LogP contribution in [0.5, 0.6) is 0 Å². The van der Waals surface area contributed by atoms with Crippen LogP contribution in [0.2, 0.25) is 0 Å². The molecule has 2 aliphatic rings. The summed E-state index contributed by atoms with van der Waals surface area (Å²) in [5, 5.41) is 0. The van der Waals surface area contributed by atoms with Gasteiger partial charge in [-0.15, -0.1) is 0 Å². The van der Waals surface area contributed by atoms with E-state index in [-0.39, 0.29) is 5.41 Å². The summed E-state index contributed by atoms with van der Waals surface area (Å²) in [6, 6.07) is 0. The van der Waals surface area contributed by atoms with Gasteiger partial charge < -0.3 is 11.5 Å². The molecule has 2 amide bonds. The largest absolute Gasteiger partial charge is 0.369 e. The summed E-state index contributed by atoms with van der Waals surface area (Å²) in [6.45, 7) is 0. The number of hydrogen-bond donors (Lipinski definition) is 2. The van der Waals surface area contributed by atoms with Crippen molar-refractivity contribution in [2.45, 2.75) is 64.2 Å². The Labute approximate surface area is 108 Å². The molecule has 0 aromatic rings. The zero-order chi connectivity index (χ0) is 13.2. The lowest BCUT2D eigenvalue weighted by molar-refractivity contribution is -0.156. The van der Waals surface area contributed by atoms with Crippen LogP contribution in [0.15, 0.2) is 0 Å². The lowest BCUT2D eigenvalue weighted by Crippen LogP contribution is -2.59. The maximum Gasteiger partial charge on any atom is 0.233 e. The average Bonchev–Trinajstić information content (AvgIpc) is 2.55. The van der Waals surface area contributed by atoms with Crippen LogP contribution in [0.3, 0.4) is 0 Å². The van der Waals surface area contributed by atoms with Gasteiger partial charge in [0.05, 0.1) is 0 Å². The molecule has 0 unspecified atom stereocenters. The molecule has 4 N–H and O–H groups in total. The van der Waals surface area contributed by atoms with Gasteiger partial charge in [-0.05, 0) is 31.1 Å². The van der Waals surface area contributed by atoms with Crippen LogP contribution in [-0.4, -0.2) is 11.8 Å². The van der Waals surface area contributed by atoms with Gasteiger partial charge in [-0.1, -0.05) is 38.5 Å². The van der Waals surface area contributed by atoms with Crippen LogP contribution in [0.25, 0.3) is 0 Å². The van der Waals surface area contributed by atoms with Crippen molar-refractivity contribution in [1.29, 1.82) is 0 Å². The number of amides is 2. The Hall–Kier alpha value is -1.06. The van der Waals surface area contributed by atoms with Crippen molar-refractivity contribution >= 4 is 11.8 Å². The molecule has 0 atom stereocenters. The molecule has 2 fully saturated rings. The normalized spacial score (nSPS) is 26.4. The van der Waals surface area contributed by atoms with Gasteiger partial charge in [-0.2, -0.15) is 0 Å². The molecular formula is C14H24N2O2. The lowest BCUT2D eigenvalue weighted by Gasteiger charge is -2.50. The molecule has 18 heavy (non-hydrogen) atoms. The van der Waals surface area contributed by atoms with E-state index < -0.39 is 17.2 Å². The van der Waals surface area contributed by atoms with Crippen molar-refractivity contribution in [1.82, 2.24) is 0 Å². The van der Waals surface area contributed by atoms with E-state index in [0.717, 1.165) is 44.9 Å². The van der Waals surface area contributed by atoms with Crippen LogP contribution in [0, 0.1) is 10.8 Å². The first kappa shape index (κ1) is 13.4. The second-order valence-corrected chi connectivity index (χ2v) is 6.04. The SMILES string of the molecule is NC(=O)C1(C(N)=O)CCCCC12CCCCCC2. The van der Waals surface area contributed by atoms with Gasteiger partial charge in [0.15, 0.2) is 0 Å². The molecule has 0 heterocycles. The quantitative estimate of drug-likeness (QED) is 0.735. The highest BCUT2D eigenvalue weighted by Gasteiger charge is 2.59. The van der Waals surface area contributed by atoms with E-state index in [1.165, 1.54) is 12.8 Å². The van der Waals surface area contributed by atoms with Crippen molar-refractivity contribution in [2.24, 2.45) is 22.3 Å². The van der Waals surface area contributed by atoms with Crippen molar-refractivity contribution in [3.05, 3.63) is 0 Å². The third-order valence-electron chi connectivity index (χ3n) is 5.26. The van der Waals surface area contributed by atoms with Crippen molar-refractivity contribution in [2.75, 3.05) is 0 Å². The fraction of sp³-hybridized carbons (Fsp3) is 0.857. The summed E-state index contributed by atoms with van der Waals surface area (Å²) in [5.74, 6) is -0.979. The van der Waals surface area contributed by atoms with Crippen molar-refractivity contribution in [3.8, 4) is 0 Å². The third-order valence-corrected chi connectivity index (χ3v) is 5.26. The molecule has 0 aromatic heterocycles. The molecule has 4 heteroatoms. The van der Waals surface area contributed by atoms with E-state index in [1.807, 2.05) is 0 Å². The Balaban J connectivity index is 2.44. The fourth-order valence-electron chi connectivity index (χ4n) is 4.30. The van der Waals surface area contributed by atoms with Gasteiger partial charge in [0.2, 0.25) is 11.8 Å². The van der Waals surface area contributed by atoms with Crippen LogP contribution in [0.1, 0.15) is 64.2 Å². The Morgan fingerprint density at radius 3 is 1.50 bits per heavy atom. The smallest absolute Gasteiger partial charge is 0.233 e. The van der Waals surface area contributed by atoms with Crippen molar-refractivity contribution < 1.29 is 9.59 Å². The van der Waals surface area contributed by atoms with E-state index in [0.29, 0.717) is 6.42 Å². The van der Waals surface area contributed by atoms with E-state index in [9.17, 15) is 9.59 Å². The number of hydrogen-bond acceptors (Lipinski definition) is 2. The molecule has 0 aromatic carbocycles. The summed E-state index contributed by atoms with van der Waals surface area (Å²) in [7, 11) is 0. The van der Waals surface area contributed by atoms with E-state index in [1.54, 1.807) is 0 Å². The maximum absolute atomic E-state index is 12.0. The Bertz CT molecular complexity index is 330. The van der Waals surface area contributed by atoms with Crippen molar-refractivity contribution in [3.63, 3.8) is 0 Å². The topological polar surface area (TPSA) is 86.2 Å². The highest BCUT2D eigenvalue weighted by atomic mass is 16.2. The van der Waals surface area contributed by atoms with Crippen LogP contribution in [-0.2, 0) is 9.59 Å². The molecule has 4 nitrogen and oxygen atoms in total. The minimum Gasteiger partial charge on any atom is -0.369 e. The Morgan fingerprint density at radius 1 is 0.667 bits per heavy atom. The average molecular weight is 252 g/mol. The standard InChI is InChI=1S/C14H24N2O2/c15-11(17)14(12(16)18)10-6-5-9-13(14)7-3-1-2-4-8-13/h1-10H2,(H2,15,17)(H2,16,18). The number of primary amides is 2. The maximum atomic E-state index is 12.0. The first-order valence-electron chi connectivity index (χ1n) is 7.15. The molecule has 2 aliphatic carbocycles.